The first-order chi connectivity index (χ1) is 7.98. The average Bonchev–Trinajstić information content (AvgIpc) is 2.74. The van der Waals surface area contributed by atoms with Crippen molar-refractivity contribution in [3.8, 4) is 0 Å². The van der Waals surface area contributed by atoms with Crippen molar-refractivity contribution in [2.45, 2.75) is 25.9 Å². The van der Waals surface area contributed by atoms with Crippen LogP contribution in [0.3, 0.4) is 0 Å². The van der Waals surface area contributed by atoms with Gasteiger partial charge in [-0.1, -0.05) is 6.92 Å². The summed E-state index contributed by atoms with van der Waals surface area (Å²) in [5.41, 5.74) is -0.868. The van der Waals surface area contributed by atoms with Gasteiger partial charge in [0.25, 0.3) is 5.91 Å². The lowest BCUT2D eigenvalue weighted by molar-refractivity contribution is 0.0727. The van der Waals surface area contributed by atoms with Crippen LogP contribution < -0.4 is 5.32 Å². The van der Waals surface area contributed by atoms with Crippen molar-refractivity contribution in [2.24, 2.45) is 0 Å². The fraction of sp³-hybridized carbons (Fsp3) is 0.636. The number of hydrogen-bond donors (Lipinski definition) is 2. The number of nitrogens with one attached hydrogen (secondary N) is 1. The molecule has 1 heterocycles. The highest BCUT2D eigenvalue weighted by atomic mass is 32.2. The third-order valence-corrected chi connectivity index (χ3v) is 4.22. The van der Waals surface area contributed by atoms with E-state index in [1.165, 1.54) is 11.3 Å². The van der Waals surface area contributed by atoms with Crippen LogP contribution >= 0.6 is 23.1 Å². The summed E-state index contributed by atoms with van der Waals surface area (Å²) in [5, 5.41) is 13.6. The van der Waals surface area contributed by atoms with E-state index in [2.05, 4.69) is 10.3 Å². The number of rotatable bonds is 6. The number of aromatic nitrogens is 1. The molecule has 0 saturated carbocycles. The Kier molecular flexibility index (Phi) is 5.42. The molecule has 0 aromatic carbocycles. The van der Waals surface area contributed by atoms with E-state index in [0.717, 1.165) is 11.4 Å². The first kappa shape index (κ1) is 14.5. The zero-order valence-electron chi connectivity index (χ0n) is 10.3. The Morgan fingerprint density at radius 1 is 1.71 bits per heavy atom. The molecule has 0 aliphatic heterocycles. The molecule has 17 heavy (non-hydrogen) atoms. The minimum atomic E-state index is -0.868. The van der Waals surface area contributed by atoms with Gasteiger partial charge < -0.3 is 10.4 Å². The number of hydrogen-bond acceptors (Lipinski definition) is 5. The van der Waals surface area contributed by atoms with E-state index < -0.39 is 5.60 Å². The van der Waals surface area contributed by atoms with Gasteiger partial charge in [0.1, 0.15) is 4.88 Å². The molecule has 0 fully saturated rings. The van der Waals surface area contributed by atoms with Gasteiger partial charge in [-0.3, -0.25) is 4.79 Å². The van der Waals surface area contributed by atoms with Crippen molar-refractivity contribution in [2.75, 3.05) is 18.6 Å². The summed E-state index contributed by atoms with van der Waals surface area (Å²) in [6, 6.07) is 0. The normalized spacial score (nSPS) is 14.4. The zero-order valence-corrected chi connectivity index (χ0v) is 12.0. The average molecular weight is 274 g/mol. The van der Waals surface area contributed by atoms with Gasteiger partial charge in [0, 0.05) is 12.3 Å². The van der Waals surface area contributed by atoms with E-state index in [0.29, 0.717) is 10.6 Å². The van der Waals surface area contributed by atoms with Gasteiger partial charge in [0.15, 0.2) is 0 Å². The molecule has 0 aliphatic carbocycles. The standard InChI is InChI=1S/C11H18N2O2S2/c1-4-9-12-5-8(17-9)10(14)13-6-11(2,15)7-16-3/h5,15H,4,6-7H2,1-3H3,(H,13,14). The summed E-state index contributed by atoms with van der Waals surface area (Å²) in [7, 11) is 0. The van der Waals surface area contributed by atoms with Crippen molar-refractivity contribution in [1.29, 1.82) is 0 Å². The molecule has 0 bridgehead atoms. The number of aryl methyl sites for hydroxylation is 1. The van der Waals surface area contributed by atoms with Gasteiger partial charge in [-0.25, -0.2) is 4.98 Å². The zero-order chi connectivity index (χ0) is 12.9. The number of amides is 1. The minimum Gasteiger partial charge on any atom is -0.387 e. The second-order valence-electron chi connectivity index (χ2n) is 4.08. The van der Waals surface area contributed by atoms with Crippen LogP contribution in [0.4, 0.5) is 0 Å². The Labute approximate surface area is 110 Å². The Bertz CT molecular complexity index is 377. The lowest BCUT2D eigenvalue weighted by atomic mass is 10.1. The minimum absolute atomic E-state index is 0.163. The van der Waals surface area contributed by atoms with Gasteiger partial charge >= 0.3 is 0 Å². The third-order valence-electron chi connectivity index (χ3n) is 2.16. The molecule has 1 aromatic heterocycles. The SMILES string of the molecule is CCc1ncc(C(=O)NCC(C)(O)CSC)s1. The molecule has 4 nitrogen and oxygen atoms in total. The van der Waals surface area contributed by atoms with E-state index in [1.54, 1.807) is 24.9 Å². The van der Waals surface area contributed by atoms with Crippen molar-refractivity contribution < 1.29 is 9.90 Å². The molecule has 1 unspecified atom stereocenters. The van der Waals surface area contributed by atoms with Crippen LogP contribution in [0.1, 0.15) is 28.5 Å². The quantitative estimate of drug-likeness (QED) is 0.826. The summed E-state index contributed by atoms with van der Waals surface area (Å²) < 4.78 is 0. The van der Waals surface area contributed by atoms with Gasteiger partial charge in [-0.2, -0.15) is 11.8 Å². The first-order valence-corrected chi connectivity index (χ1v) is 7.64. The van der Waals surface area contributed by atoms with Gasteiger partial charge in [-0.05, 0) is 19.6 Å². The summed E-state index contributed by atoms with van der Waals surface area (Å²) >= 11 is 2.95. The van der Waals surface area contributed by atoms with E-state index in [-0.39, 0.29) is 12.5 Å². The second kappa shape index (κ2) is 6.37. The monoisotopic (exact) mass is 274 g/mol. The van der Waals surface area contributed by atoms with E-state index in [4.69, 9.17) is 0 Å². The number of aliphatic hydroxyl groups is 1. The largest absolute Gasteiger partial charge is 0.387 e. The highest BCUT2D eigenvalue weighted by molar-refractivity contribution is 7.98. The molecule has 6 heteroatoms. The number of carbonyl (C=O) groups excluding carboxylic acids is 1. The number of thiazole rings is 1. The Morgan fingerprint density at radius 2 is 2.41 bits per heavy atom. The number of carbonyl (C=O) groups is 1. The van der Waals surface area contributed by atoms with E-state index in [9.17, 15) is 9.90 Å². The molecule has 1 aromatic rings. The Hall–Kier alpha value is -0.590. The molecule has 1 atom stereocenters. The molecule has 1 amide bonds. The molecule has 0 radical (unpaired) electrons. The van der Waals surface area contributed by atoms with Crippen LogP contribution in [0.15, 0.2) is 6.20 Å². The predicted molar refractivity (Wildman–Crippen MR) is 72.8 cm³/mol. The lowest BCUT2D eigenvalue weighted by Gasteiger charge is -2.22. The van der Waals surface area contributed by atoms with Crippen LogP contribution in [-0.4, -0.2) is 40.2 Å². The highest BCUT2D eigenvalue weighted by Gasteiger charge is 2.21. The topological polar surface area (TPSA) is 62.2 Å². The smallest absolute Gasteiger partial charge is 0.263 e. The maximum absolute atomic E-state index is 11.8. The summed E-state index contributed by atoms with van der Waals surface area (Å²) in [6.07, 6.45) is 4.34. The summed E-state index contributed by atoms with van der Waals surface area (Å²) in [6.45, 7) is 3.98. The molecule has 2 N–H and O–H groups in total. The maximum atomic E-state index is 11.8. The van der Waals surface area contributed by atoms with Gasteiger partial charge in [0.05, 0.1) is 16.8 Å². The lowest BCUT2D eigenvalue weighted by Crippen LogP contribution is -2.42. The first-order valence-electron chi connectivity index (χ1n) is 5.42. The highest BCUT2D eigenvalue weighted by Crippen LogP contribution is 2.14. The number of thioether (sulfide) groups is 1. The Balaban J connectivity index is 2.49. The summed E-state index contributed by atoms with van der Waals surface area (Å²) in [4.78, 5) is 16.5. The van der Waals surface area contributed by atoms with Crippen molar-refractivity contribution in [1.82, 2.24) is 10.3 Å². The molecule has 0 aliphatic rings. The third kappa shape index (κ3) is 4.65. The maximum Gasteiger partial charge on any atom is 0.263 e. The fourth-order valence-corrected chi connectivity index (χ4v) is 2.80. The molecule has 0 spiro atoms. The summed E-state index contributed by atoms with van der Waals surface area (Å²) in [5.74, 6) is 0.430. The van der Waals surface area contributed by atoms with E-state index in [1.807, 2.05) is 13.2 Å². The van der Waals surface area contributed by atoms with Crippen LogP contribution in [0.5, 0.6) is 0 Å². The molecule has 1 rings (SSSR count). The van der Waals surface area contributed by atoms with Crippen molar-refractivity contribution in [3.63, 3.8) is 0 Å². The van der Waals surface area contributed by atoms with Crippen LogP contribution in [0.2, 0.25) is 0 Å². The van der Waals surface area contributed by atoms with Crippen molar-refractivity contribution >= 4 is 29.0 Å². The predicted octanol–water partition coefficient (Wildman–Crippen LogP) is 1.55. The molecule has 96 valence electrons. The van der Waals surface area contributed by atoms with Gasteiger partial charge in [-0.15, -0.1) is 11.3 Å². The number of nitrogens with zero attached hydrogens (tertiary/aromatic N) is 1. The molecule has 0 saturated heterocycles. The Morgan fingerprint density at radius 3 is 2.94 bits per heavy atom. The van der Waals surface area contributed by atoms with Crippen LogP contribution in [0, 0.1) is 0 Å². The van der Waals surface area contributed by atoms with Gasteiger partial charge in [0.2, 0.25) is 0 Å². The van der Waals surface area contributed by atoms with Crippen LogP contribution in [0.25, 0.3) is 0 Å². The second-order valence-corrected chi connectivity index (χ2v) is 6.07. The molecular weight excluding hydrogens is 256 g/mol. The van der Waals surface area contributed by atoms with E-state index >= 15 is 0 Å². The van der Waals surface area contributed by atoms with Crippen molar-refractivity contribution in [3.05, 3.63) is 16.1 Å². The molecular formula is C11H18N2O2S2. The fourth-order valence-electron chi connectivity index (χ4n) is 1.30. The van der Waals surface area contributed by atoms with Crippen LogP contribution in [-0.2, 0) is 6.42 Å².